The number of hydrogen-bond donors (Lipinski definition) is 1. The number of benzene rings is 1. The number of carbonyl (C=O) groups is 1. The zero-order chi connectivity index (χ0) is 15.6. The minimum Gasteiger partial charge on any atom is -0.497 e. The van der Waals surface area contributed by atoms with E-state index in [0.29, 0.717) is 0 Å². The van der Waals surface area contributed by atoms with E-state index in [-0.39, 0.29) is 5.91 Å². The van der Waals surface area contributed by atoms with E-state index < -0.39 is 0 Å². The van der Waals surface area contributed by atoms with Crippen molar-refractivity contribution in [1.82, 2.24) is 5.32 Å². The summed E-state index contributed by atoms with van der Waals surface area (Å²) < 4.78 is 5.10. The first-order valence-corrected chi connectivity index (χ1v) is 9.04. The number of ether oxygens (including phenoxy) is 1. The molecule has 0 unspecified atom stereocenters. The van der Waals surface area contributed by atoms with Gasteiger partial charge in [0.25, 0.3) is 0 Å². The largest absolute Gasteiger partial charge is 0.497 e. The summed E-state index contributed by atoms with van der Waals surface area (Å²) in [5.74, 6) is 1.80. The number of carbonyl (C=O) groups excluding carboxylic acids is 1. The molecule has 4 heteroatoms. The van der Waals surface area contributed by atoms with Gasteiger partial charge in [0.2, 0.25) is 5.91 Å². The van der Waals surface area contributed by atoms with Gasteiger partial charge in [-0.15, -0.1) is 0 Å². The number of amides is 1. The molecule has 1 aromatic carbocycles. The lowest BCUT2D eigenvalue weighted by Gasteiger charge is -2.20. The number of nitrogens with one attached hydrogen (secondary N) is 1. The SMILES string of the molecule is COc1ccc(C=CC(=O)NCCSC2CCCCC2)cc1. The fourth-order valence-electron chi connectivity index (χ4n) is 2.58. The van der Waals surface area contributed by atoms with Crippen LogP contribution in [0.15, 0.2) is 30.3 Å². The molecule has 0 atom stereocenters. The highest BCUT2D eigenvalue weighted by Crippen LogP contribution is 2.27. The van der Waals surface area contributed by atoms with E-state index >= 15 is 0 Å². The Morgan fingerprint density at radius 1 is 1.27 bits per heavy atom. The average molecular weight is 319 g/mol. The van der Waals surface area contributed by atoms with Crippen molar-refractivity contribution in [3.8, 4) is 5.75 Å². The van der Waals surface area contributed by atoms with Crippen LogP contribution in [0.1, 0.15) is 37.7 Å². The molecule has 0 aliphatic heterocycles. The minimum absolute atomic E-state index is 0.0277. The molecule has 1 amide bonds. The van der Waals surface area contributed by atoms with Gasteiger partial charge in [-0.05, 0) is 36.6 Å². The molecule has 22 heavy (non-hydrogen) atoms. The normalized spacial score (nSPS) is 15.9. The zero-order valence-electron chi connectivity index (χ0n) is 13.2. The summed E-state index contributed by atoms with van der Waals surface area (Å²) in [7, 11) is 1.64. The molecular formula is C18H25NO2S. The Labute approximate surface area is 137 Å². The molecule has 3 nitrogen and oxygen atoms in total. The van der Waals surface area contributed by atoms with Gasteiger partial charge in [0.1, 0.15) is 5.75 Å². The number of rotatable bonds is 7. The molecule has 0 radical (unpaired) electrons. The summed E-state index contributed by atoms with van der Waals surface area (Å²) >= 11 is 2.01. The molecule has 1 aliphatic carbocycles. The summed E-state index contributed by atoms with van der Waals surface area (Å²) in [6.45, 7) is 0.743. The molecule has 1 saturated carbocycles. The molecule has 2 rings (SSSR count). The van der Waals surface area contributed by atoms with Crippen LogP contribution in [-0.2, 0) is 4.79 Å². The molecule has 120 valence electrons. The third-order valence-electron chi connectivity index (χ3n) is 3.85. The van der Waals surface area contributed by atoms with Gasteiger partial charge in [-0.1, -0.05) is 31.4 Å². The Kier molecular flexibility index (Phi) is 7.37. The maximum absolute atomic E-state index is 11.8. The monoisotopic (exact) mass is 319 g/mol. The fraction of sp³-hybridized carbons (Fsp3) is 0.500. The predicted octanol–water partition coefficient (Wildman–Crippen LogP) is 3.89. The van der Waals surface area contributed by atoms with Gasteiger partial charge in [0.05, 0.1) is 7.11 Å². The maximum atomic E-state index is 11.8. The lowest BCUT2D eigenvalue weighted by atomic mass is 10.0. The quantitative estimate of drug-likeness (QED) is 0.612. The highest BCUT2D eigenvalue weighted by Gasteiger charge is 2.12. The average Bonchev–Trinajstić information content (AvgIpc) is 2.58. The van der Waals surface area contributed by atoms with Crippen molar-refractivity contribution in [3.63, 3.8) is 0 Å². The van der Waals surface area contributed by atoms with Crippen LogP contribution in [0.4, 0.5) is 0 Å². The van der Waals surface area contributed by atoms with Crippen molar-refractivity contribution in [2.45, 2.75) is 37.4 Å². The van der Waals surface area contributed by atoms with E-state index in [4.69, 9.17) is 4.74 Å². The standard InChI is InChI=1S/C18H25NO2S/c1-21-16-10-7-15(8-11-16)9-12-18(20)19-13-14-22-17-5-3-2-4-6-17/h7-12,17H,2-6,13-14H2,1H3,(H,19,20). The summed E-state index contributed by atoms with van der Waals surface area (Å²) in [6, 6.07) is 7.64. The van der Waals surface area contributed by atoms with Crippen LogP contribution < -0.4 is 10.1 Å². The Hall–Kier alpha value is -1.42. The second-order valence-corrected chi connectivity index (χ2v) is 6.94. The van der Waals surface area contributed by atoms with Gasteiger partial charge in [0.15, 0.2) is 0 Å². The first kappa shape index (κ1) is 16.9. The Morgan fingerprint density at radius 2 is 2.00 bits per heavy atom. The number of hydrogen-bond acceptors (Lipinski definition) is 3. The van der Waals surface area contributed by atoms with Crippen molar-refractivity contribution in [2.24, 2.45) is 0 Å². The minimum atomic E-state index is -0.0277. The summed E-state index contributed by atoms with van der Waals surface area (Å²) in [5.41, 5.74) is 0.993. The van der Waals surface area contributed by atoms with Crippen molar-refractivity contribution in [3.05, 3.63) is 35.9 Å². The van der Waals surface area contributed by atoms with E-state index in [1.54, 1.807) is 13.2 Å². The molecule has 0 spiro atoms. The Balaban J connectivity index is 1.63. The number of thioether (sulfide) groups is 1. The molecule has 1 fully saturated rings. The zero-order valence-corrected chi connectivity index (χ0v) is 14.0. The highest BCUT2D eigenvalue weighted by molar-refractivity contribution is 7.99. The van der Waals surface area contributed by atoms with Crippen LogP contribution in [0.3, 0.4) is 0 Å². The van der Waals surface area contributed by atoms with Crippen molar-refractivity contribution >= 4 is 23.7 Å². The second-order valence-electron chi connectivity index (χ2n) is 5.53. The van der Waals surface area contributed by atoms with E-state index in [9.17, 15) is 4.79 Å². The third kappa shape index (κ3) is 6.14. The first-order chi connectivity index (χ1) is 10.8. The second kappa shape index (κ2) is 9.57. The fourth-order valence-corrected chi connectivity index (χ4v) is 3.80. The van der Waals surface area contributed by atoms with Crippen LogP contribution >= 0.6 is 11.8 Å². The Morgan fingerprint density at radius 3 is 2.68 bits per heavy atom. The van der Waals surface area contributed by atoms with Crippen molar-refractivity contribution in [1.29, 1.82) is 0 Å². The van der Waals surface area contributed by atoms with Gasteiger partial charge >= 0.3 is 0 Å². The van der Waals surface area contributed by atoms with E-state index in [1.165, 1.54) is 32.1 Å². The van der Waals surface area contributed by atoms with E-state index in [1.807, 2.05) is 42.1 Å². The van der Waals surface area contributed by atoms with Crippen LogP contribution in [-0.4, -0.2) is 30.6 Å². The molecule has 1 aliphatic rings. The van der Waals surface area contributed by atoms with Gasteiger partial charge in [-0.25, -0.2) is 0 Å². The molecule has 0 saturated heterocycles. The smallest absolute Gasteiger partial charge is 0.244 e. The van der Waals surface area contributed by atoms with Gasteiger partial charge < -0.3 is 10.1 Å². The molecule has 0 aromatic heterocycles. The molecule has 1 aromatic rings. The van der Waals surface area contributed by atoms with Crippen LogP contribution in [0.2, 0.25) is 0 Å². The van der Waals surface area contributed by atoms with Gasteiger partial charge in [-0.3, -0.25) is 4.79 Å². The van der Waals surface area contributed by atoms with Crippen molar-refractivity contribution < 1.29 is 9.53 Å². The van der Waals surface area contributed by atoms with E-state index in [2.05, 4.69) is 5.32 Å². The first-order valence-electron chi connectivity index (χ1n) is 7.99. The Bertz CT molecular complexity index is 478. The molecular weight excluding hydrogens is 294 g/mol. The maximum Gasteiger partial charge on any atom is 0.244 e. The van der Waals surface area contributed by atoms with Crippen molar-refractivity contribution in [2.75, 3.05) is 19.4 Å². The topological polar surface area (TPSA) is 38.3 Å². The lowest BCUT2D eigenvalue weighted by molar-refractivity contribution is -0.116. The van der Waals surface area contributed by atoms with Gasteiger partial charge in [0, 0.05) is 23.6 Å². The number of methoxy groups -OCH3 is 1. The molecule has 0 heterocycles. The summed E-state index contributed by atoms with van der Waals surface area (Å²) in [4.78, 5) is 11.8. The van der Waals surface area contributed by atoms with Crippen LogP contribution in [0.5, 0.6) is 5.75 Å². The lowest BCUT2D eigenvalue weighted by Crippen LogP contribution is -2.24. The van der Waals surface area contributed by atoms with Crippen LogP contribution in [0.25, 0.3) is 6.08 Å². The van der Waals surface area contributed by atoms with Crippen LogP contribution in [0, 0.1) is 0 Å². The van der Waals surface area contributed by atoms with E-state index in [0.717, 1.165) is 28.9 Å². The summed E-state index contributed by atoms with van der Waals surface area (Å²) in [6.07, 6.45) is 10.2. The highest BCUT2D eigenvalue weighted by atomic mass is 32.2. The van der Waals surface area contributed by atoms with Gasteiger partial charge in [-0.2, -0.15) is 11.8 Å². The molecule has 0 bridgehead atoms. The predicted molar refractivity (Wildman–Crippen MR) is 94.4 cm³/mol. The third-order valence-corrected chi connectivity index (χ3v) is 5.23. The molecule has 1 N–H and O–H groups in total. The summed E-state index contributed by atoms with van der Waals surface area (Å²) in [5, 5.41) is 3.75.